The van der Waals surface area contributed by atoms with Crippen molar-refractivity contribution in [2.45, 2.75) is 24.9 Å². The monoisotopic (exact) mass is 568 g/mol. The van der Waals surface area contributed by atoms with Gasteiger partial charge in [-0.15, -0.1) is 0 Å². The normalized spacial score (nSPS) is 16.1. The van der Waals surface area contributed by atoms with Crippen molar-refractivity contribution in [1.29, 1.82) is 0 Å². The van der Waals surface area contributed by atoms with E-state index in [0.29, 0.717) is 51.5 Å². The van der Waals surface area contributed by atoms with Gasteiger partial charge < -0.3 is 14.6 Å². The molecule has 202 valence electrons. The number of nitrogens with zero attached hydrogens (tertiary/aromatic N) is 4. The highest BCUT2D eigenvalue weighted by molar-refractivity contribution is 6.35. The maximum absolute atomic E-state index is 13.6. The molecule has 3 N–H and O–H groups in total. The molecule has 0 radical (unpaired) electrons. The Morgan fingerprint density at radius 3 is 2.69 bits per heavy atom. The van der Waals surface area contributed by atoms with Crippen LogP contribution < -0.4 is 15.6 Å². The smallest absolute Gasteiger partial charge is 0.266 e. The van der Waals surface area contributed by atoms with Crippen LogP contribution in [0.25, 0.3) is 10.4 Å². The van der Waals surface area contributed by atoms with E-state index in [2.05, 4.69) is 20.9 Å². The summed E-state index contributed by atoms with van der Waals surface area (Å²) in [6.07, 6.45) is 0.661. The number of hydrazine groups is 1. The van der Waals surface area contributed by atoms with Gasteiger partial charge in [0.1, 0.15) is 12.4 Å². The Kier molecular flexibility index (Phi) is 9.64. The largest absolute Gasteiger partial charge is 0.494 e. The molecule has 0 unspecified atom stereocenters. The lowest BCUT2D eigenvalue weighted by atomic mass is 9.91. The summed E-state index contributed by atoms with van der Waals surface area (Å²) >= 11 is 12.2. The van der Waals surface area contributed by atoms with Crippen molar-refractivity contribution in [2.75, 3.05) is 19.8 Å². The molecule has 1 aliphatic rings. The first-order valence-electron chi connectivity index (χ1n) is 12.1. The van der Waals surface area contributed by atoms with Crippen LogP contribution >= 0.6 is 23.2 Å². The number of aliphatic hydroxyl groups excluding tert-OH is 1. The van der Waals surface area contributed by atoms with E-state index >= 15 is 0 Å². The van der Waals surface area contributed by atoms with Crippen LogP contribution in [0, 0.1) is 0 Å². The summed E-state index contributed by atoms with van der Waals surface area (Å²) in [7, 11) is 0. The molecular formula is C27H26Cl2N6O4. The fourth-order valence-electron chi connectivity index (χ4n) is 3.95. The maximum atomic E-state index is 13.6. The first kappa shape index (κ1) is 28.2. The van der Waals surface area contributed by atoms with Crippen molar-refractivity contribution in [3.63, 3.8) is 0 Å². The SMILES string of the molecule is [N-]=[N+]=Nc1ccccc1C[C@@]1(C(=O)NNCc2ccc(Cl)cc2Cl)COC(c2ccc(OCCCO)cc2)=N1. The lowest BCUT2D eigenvalue weighted by molar-refractivity contribution is -0.127. The fraction of sp³-hybridized carbons (Fsp3) is 0.259. The van der Waals surface area contributed by atoms with Gasteiger partial charge in [0.25, 0.3) is 5.91 Å². The first-order chi connectivity index (χ1) is 18.9. The van der Waals surface area contributed by atoms with Gasteiger partial charge in [0, 0.05) is 52.2 Å². The number of carbonyl (C=O) groups excluding carboxylic acids is 1. The molecule has 3 aromatic rings. The topological polar surface area (TPSA) is 141 Å². The molecule has 0 aromatic heterocycles. The van der Waals surface area contributed by atoms with E-state index in [9.17, 15) is 4.79 Å². The summed E-state index contributed by atoms with van der Waals surface area (Å²) in [4.78, 5) is 21.2. The Hall–Kier alpha value is -3.79. The van der Waals surface area contributed by atoms with E-state index in [1.165, 1.54) is 0 Å². The minimum Gasteiger partial charge on any atom is -0.494 e. The quantitative estimate of drug-likeness (QED) is 0.0896. The number of ether oxygens (including phenoxy) is 2. The van der Waals surface area contributed by atoms with Crippen LogP contribution in [0.2, 0.25) is 10.0 Å². The average molecular weight is 569 g/mol. The number of aliphatic hydroxyl groups is 1. The van der Waals surface area contributed by atoms with Crippen LogP contribution in [0.3, 0.4) is 0 Å². The number of hydrogen-bond acceptors (Lipinski definition) is 7. The van der Waals surface area contributed by atoms with Crippen molar-refractivity contribution in [2.24, 2.45) is 10.1 Å². The van der Waals surface area contributed by atoms with Gasteiger partial charge in [-0.25, -0.2) is 10.4 Å². The van der Waals surface area contributed by atoms with E-state index in [1.807, 2.05) is 0 Å². The predicted octanol–water partition coefficient (Wildman–Crippen LogP) is 5.28. The fourth-order valence-corrected chi connectivity index (χ4v) is 4.43. The van der Waals surface area contributed by atoms with Gasteiger partial charge in [0.05, 0.1) is 6.61 Å². The summed E-state index contributed by atoms with van der Waals surface area (Å²) in [6.45, 7) is 0.673. The Labute approximate surface area is 235 Å². The number of hydrogen-bond donors (Lipinski definition) is 3. The standard InChI is InChI=1S/C27H26Cl2N6O4/c28-21-9-6-20(23(29)14-21)16-31-34-26(37)27(15-19-4-1-2-5-24(19)33-35-30)17-39-25(32-27)18-7-10-22(11-8-18)38-13-3-12-36/h1-2,4-11,14,31,36H,3,12-13,15-17H2,(H,34,37)/t27-/m0/s1. The van der Waals surface area contributed by atoms with E-state index in [4.69, 9.17) is 48.3 Å². The zero-order valence-corrected chi connectivity index (χ0v) is 22.3. The van der Waals surface area contributed by atoms with Crippen LogP contribution in [-0.2, 0) is 22.5 Å². The number of aliphatic imine (C=N–C) groups is 1. The molecule has 1 heterocycles. The summed E-state index contributed by atoms with van der Waals surface area (Å²) in [5.41, 5.74) is 15.8. The van der Waals surface area contributed by atoms with Gasteiger partial charge in [0.15, 0.2) is 5.54 Å². The van der Waals surface area contributed by atoms with Crippen LogP contribution in [0.5, 0.6) is 5.75 Å². The predicted molar refractivity (Wildman–Crippen MR) is 149 cm³/mol. The second-order valence-electron chi connectivity index (χ2n) is 8.73. The molecule has 0 saturated carbocycles. The Morgan fingerprint density at radius 1 is 1.15 bits per heavy atom. The van der Waals surface area contributed by atoms with Crippen LogP contribution in [0.1, 0.15) is 23.1 Å². The summed E-state index contributed by atoms with van der Waals surface area (Å²) in [5.74, 6) is 0.513. The highest BCUT2D eigenvalue weighted by Crippen LogP contribution is 2.31. The van der Waals surface area contributed by atoms with Crippen LogP contribution in [0.4, 0.5) is 5.69 Å². The molecule has 3 aromatic carbocycles. The zero-order valence-electron chi connectivity index (χ0n) is 20.8. The van der Waals surface area contributed by atoms with Gasteiger partial charge in [0.2, 0.25) is 5.90 Å². The van der Waals surface area contributed by atoms with E-state index in [0.717, 1.165) is 5.56 Å². The lowest BCUT2D eigenvalue weighted by Crippen LogP contribution is -2.52. The second kappa shape index (κ2) is 13.3. The average Bonchev–Trinajstić information content (AvgIpc) is 3.37. The zero-order chi connectivity index (χ0) is 27.7. The molecule has 39 heavy (non-hydrogen) atoms. The first-order valence-corrected chi connectivity index (χ1v) is 12.9. The minimum atomic E-state index is -1.34. The Bertz CT molecular complexity index is 1400. The highest BCUT2D eigenvalue weighted by atomic mass is 35.5. The van der Waals surface area contributed by atoms with Gasteiger partial charge in [-0.05, 0) is 53.1 Å². The van der Waals surface area contributed by atoms with Crippen molar-refractivity contribution in [1.82, 2.24) is 10.9 Å². The van der Waals surface area contributed by atoms with Crippen molar-refractivity contribution in [3.8, 4) is 5.75 Å². The number of halogens is 2. The van der Waals surface area contributed by atoms with Crippen molar-refractivity contribution >= 4 is 40.7 Å². The van der Waals surface area contributed by atoms with Crippen molar-refractivity contribution in [3.05, 3.63) is 104 Å². The molecule has 4 rings (SSSR count). The number of rotatable bonds is 12. The molecule has 0 fully saturated rings. The number of azide groups is 1. The third-order valence-corrected chi connectivity index (χ3v) is 6.57. The third-order valence-electron chi connectivity index (χ3n) is 5.98. The molecule has 0 saturated heterocycles. The number of benzene rings is 3. The van der Waals surface area contributed by atoms with Crippen molar-refractivity contribution < 1.29 is 19.4 Å². The van der Waals surface area contributed by atoms with E-state index in [1.54, 1.807) is 66.7 Å². The van der Waals surface area contributed by atoms with E-state index < -0.39 is 11.4 Å². The summed E-state index contributed by atoms with van der Waals surface area (Å²) < 4.78 is 11.5. The van der Waals surface area contributed by atoms with Crippen LogP contribution in [0.15, 0.2) is 76.8 Å². The molecule has 1 aliphatic heterocycles. The van der Waals surface area contributed by atoms with Gasteiger partial charge in [-0.3, -0.25) is 10.2 Å². The molecular weight excluding hydrogens is 543 g/mol. The third kappa shape index (κ3) is 7.20. The minimum absolute atomic E-state index is 0.0309. The molecule has 10 nitrogen and oxygen atoms in total. The Balaban J connectivity index is 1.57. The second-order valence-corrected chi connectivity index (χ2v) is 9.57. The van der Waals surface area contributed by atoms with E-state index in [-0.39, 0.29) is 26.2 Å². The molecule has 1 amide bonds. The Morgan fingerprint density at radius 2 is 1.95 bits per heavy atom. The molecule has 1 atom stereocenters. The molecule has 0 spiro atoms. The van der Waals surface area contributed by atoms with Gasteiger partial charge >= 0.3 is 0 Å². The summed E-state index contributed by atoms with van der Waals surface area (Å²) in [5, 5.41) is 13.7. The van der Waals surface area contributed by atoms with Crippen LogP contribution in [-0.4, -0.2) is 42.3 Å². The molecule has 0 aliphatic carbocycles. The molecule has 0 bridgehead atoms. The molecule has 12 heteroatoms. The number of amides is 1. The van der Waals surface area contributed by atoms with Gasteiger partial charge in [-0.1, -0.05) is 58.6 Å². The maximum Gasteiger partial charge on any atom is 0.266 e. The number of carbonyl (C=O) groups is 1. The highest BCUT2D eigenvalue weighted by Gasteiger charge is 2.45. The lowest BCUT2D eigenvalue weighted by Gasteiger charge is -2.24. The number of nitrogens with one attached hydrogen (secondary N) is 2. The van der Waals surface area contributed by atoms with Gasteiger partial charge in [-0.2, -0.15) is 0 Å². The summed E-state index contributed by atoms with van der Waals surface area (Å²) in [6, 6.07) is 19.2.